The quantitative estimate of drug-likeness (QED) is 0.832. The fourth-order valence-electron chi connectivity index (χ4n) is 3.37. The number of fused-ring (bicyclic) bond motifs is 3. The maximum atomic E-state index is 13.4. The summed E-state index contributed by atoms with van der Waals surface area (Å²) in [5.41, 5.74) is 0.316. The Labute approximate surface area is 141 Å². The zero-order chi connectivity index (χ0) is 17.8. The third-order valence-electron chi connectivity index (χ3n) is 4.51. The van der Waals surface area contributed by atoms with E-state index in [1.807, 2.05) is 0 Å². The molecule has 25 heavy (non-hydrogen) atoms. The van der Waals surface area contributed by atoms with Gasteiger partial charge in [0.2, 0.25) is 6.29 Å². The maximum Gasteiger partial charge on any atom is 0.417 e. The molecule has 0 aromatic heterocycles. The van der Waals surface area contributed by atoms with E-state index < -0.39 is 23.9 Å². The fraction of sp³-hybridized carbons (Fsp3) is 0.438. The van der Waals surface area contributed by atoms with Gasteiger partial charge in [0.05, 0.1) is 54.6 Å². The molecule has 0 bridgehead atoms. The van der Waals surface area contributed by atoms with Crippen molar-refractivity contribution in [2.24, 2.45) is 0 Å². The Bertz CT molecular complexity index is 757. The summed E-state index contributed by atoms with van der Waals surface area (Å²) >= 11 is 0. The molecule has 0 aliphatic carbocycles. The van der Waals surface area contributed by atoms with E-state index in [9.17, 15) is 18.0 Å². The lowest BCUT2D eigenvalue weighted by atomic mass is 10.0. The molecule has 0 radical (unpaired) electrons. The second-order valence-corrected chi connectivity index (χ2v) is 6.06. The molecule has 6 nitrogen and oxygen atoms in total. The van der Waals surface area contributed by atoms with Crippen molar-refractivity contribution in [1.29, 1.82) is 0 Å². The summed E-state index contributed by atoms with van der Waals surface area (Å²) in [4.78, 5) is 15.6. The average molecular weight is 355 g/mol. The Morgan fingerprint density at radius 2 is 1.96 bits per heavy atom. The number of hydrogen-bond donors (Lipinski definition) is 1. The normalized spacial score (nSPS) is 21.4. The molecule has 0 unspecified atom stereocenters. The van der Waals surface area contributed by atoms with Crippen molar-refractivity contribution in [3.05, 3.63) is 40.7 Å². The van der Waals surface area contributed by atoms with Crippen molar-refractivity contribution in [2.75, 3.05) is 38.4 Å². The van der Waals surface area contributed by atoms with Crippen molar-refractivity contribution < 1.29 is 27.4 Å². The first-order valence-corrected chi connectivity index (χ1v) is 7.81. The van der Waals surface area contributed by atoms with E-state index in [0.717, 1.165) is 6.07 Å². The largest absolute Gasteiger partial charge is 0.417 e. The van der Waals surface area contributed by atoms with Gasteiger partial charge in [0.1, 0.15) is 0 Å². The van der Waals surface area contributed by atoms with Crippen molar-refractivity contribution >= 4 is 11.6 Å². The molecule has 3 heterocycles. The molecule has 4 rings (SSSR count). The van der Waals surface area contributed by atoms with Crippen molar-refractivity contribution in [3.8, 4) is 0 Å². The third-order valence-corrected chi connectivity index (χ3v) is 4.51. The van der Waals surface area contributed by atoms with E-state index in [4.69, 9.17) is 9.47 Å². The Balaban J connectivity index is 1.88. The highest BCUT2D eigenvalue weighted by Crippen LogP contribution is 2.40. The second kappa shape index (κ2) is 5.63. The van der Waals surface area contributed by atoms with Crippen LogP contribution in [-0.4, -0.2) is 50.6 Å². The van der Waals surface area contributed by atoms with Crippen LogP contribution in [0.25, 0.3) is 0 Å². The molecule has 1 N–H and O–H groups in total. The van der Waals surface area contributed by atoms with Crippen LogP contribution in [0, 0.1) is 0 Å². The molecule has 1 amide bonds. The molecule has 3 aliphatic heterocycles. The zero-order valence-electron chi connectivity index (χ0n) is 13.4. The van der Waals surface area contributed by atoms with Gasteiger partial charge in [-0.1, -0.05) is 6.07 Å². The maximum absolute atomic E-state index is 13.4. The molecule has 9 heteroatoms. The topological polar surface area (TPSA) is 54.0 Å². The van der Waals surface area contributed by atoms with Crippen LogP contribution in [0.5, 0.6) is 0 Å². The first kappa shape index (κ1) is 16.2. The fourth-order valence-corrected chi connectivity index (χ4v) is 3.37. The minimum absolute atomic E-state index is 0.163. The Morgan fingerprint density at radius 1 is 1.24 bits per heavy atom. The van der Waals surface area contributed by atoms with Crippen LogP contribution >= 0.6 is 0 Å². The van der Waals surface area contributed by atoms with Crippen LogP contribution in [0.2, 0.25) is 0 Å². The number of anilines is 1. The summed E-state index contributed by atoms with van der Waals surface area (Å²) in [6.07, 6.45) is -5.19. The third kappa shape index (κ3) is 2.54. The lowest BCUT2D eigenvalue weighted by Crippen LogP contribution is -2.30. The zero-order valence-corrected chi connectivity index (χ0v) is 13.4. The highest BCUT2D eigenvalue weighted by atomic mass is 19.4. The minimum atomic E-state index is -4.61. The molecule has 1 saturated heterocycles. The number of rotatable bonds is 1. The highest BCUT2D eigenvalue weighted by molar-refractivity contribution is 6.03. The lowest BCUT2D eigenvalue weighted by molar-refractivity contribution is -0.137. The molecule has 134 valence electrons. The number of carbonyl (C=O) groups is 1. The molecule has 1 aromatic carbocycles. The number of likely N-dealkylation sites (N-methyl/N-ethyl adjacent to an activating group) is 1. The number of alkyl halides is 3. The van der Waals surface area contributed by atoms with E-state index in [1.54, 1.807) is 4.90 Å². The lowest BCUT2D eigenvalue weighted by Gasteiger charge is -2.22. The standard InChI is InChI=1S/C16H16F3N3O3/c1-21-7-11-13(15-24-5-6-25-15)20-8-22(11)10-4-2-3-9(16(17,18)19)12(10)14(21)23/h2-4,15,20H,5-8H2,1H3. The summed E-state index contributed by atoms with van der Waals surface area (Å²) in [7, 11) is 1.49. The average Bonchev–Trinajstić information content (AvgIpc) is 3.19. The van der Waals surface area contributed by atoms with Gasteiger partial charge in [0.25, 0.3) is 5.91 Å². The van der Waals surface area contributed by atoms with Gasteiger partial charge < -0.3 is 24.6 Å². The van der Waals surface area contributed by atoms with Gasteiger partial charge in [-0.25, -0.2) is 0 Å². The van der Waals surface area contributed by atoms with E-state index in [2.05, 4.69) is 5.32 Å². The number of nitrogens with zero attached hydrogens (tertiary/aromatic N) is 2. The molecular formula is C16H16F3N3O3. The van der Waals surface area contributed by atoms with E-state index in [-0.39, 0.29) is 24.5 Å². The van der Waals surface area contributed by atoms with Gasteiger partial charge in [-0.15, -0.1) is 0 Å². The number of halogens is 3. The van der Waals surface area contributed by atoms with Crippen molar-refractivity contribution in [3.63, 3.8) is 0 Å². The van der Waals surface area contributed by atoms with Gasteiger partial charge in [-0.05, 0) is 12.1 Å². The van der Waals surface area contributed by atoms with Crippen LogP contribution in [0.3, 0.4) is 0 Å². The molecule has 1 aromatic rings. The van der Waals surface area contributed by atoms with Crippen molar-refractivity contribution in [1.82, 2.24) is 10.2 Å². The van der Waals surface area contributed by atoms with Crippen LogP contribution in [0.15, 0.2) is 29.6 Å². The summed E-state index contributed by atoms with van der Waals surface area (Å²) in [6.45, 7) is 1.32. The van der Waals surface area contributed by atoms with Crippen LogP contribution in [0.1, 0.15) is 15.9 Å². The first-order valence-electron chi connectivity index (χ1n) is 7.81. The first-order chi connectivity index (χ1) is 11.9. The van der Waals surface area contributed by atoms with Gasteiger partial charge in [0, 0.05) is 7.05 Å². The molecule has 3 aliphatic rings. The Morgan fingerprint density at radius 3 is 2.64 bits per heavy atom. The monoisotopic (exact) mass is 355 g/mol. The molecule has 1 fully saturated rings. The van der Waals surface area contributed by atoms with E-state index >= 15 is 0 Å². The molecule has 0 spiro atoms. The van der Waals surface area contributed by atoms with Crippen LogP contribution in [-0.2, 0) is 15.7 Å². The number of benzene rings is 1. The summed E-state index contributed by atoms with van der Waals surface area (Å²) in [5.74, 6) is -0.655. The predicted molar refractivity (Wildman–Crippen MR) is 81.6 cm³/mol. The van der Waals surface area contributed by atoms with Crippen LogP contribution in [0.4, 0.5) is 18.9 Å². The minimum Gasteiger partial charge on any atom is -0.365 e. The summed E-state index contributed by atoms with van der Waals surface area (Å²) in [5, 5.41) is 3.14. The number of amides is 1. The Hall–Kier alpha value is -2.26. The summed E-state index contributed by atoms with van der Waals surface area (Å²) < 4.78 is 51.3. The van der Waals surface area contributed by atoms with Gasteiger partial charge in [-0.2, -0.15) is 13.2 Å². The van der Waals surface area contributed by atoms with Gasteiger partial charge >= 0.3 is 6.18 Å². The van der Waals surface area contributed by atoms with Crippen molar-refractivity contribution in [2.45, 2.75) is 12.5 Å². The number of hydrogen-bond acceptors (Lipinski definition) is 5. The molecule has 0 atom stereocenters. The van der Waals surface area contributed by atoms with Gasteiger partial charge in [0.15, 0.2) is 0 Å². The molecule has 0 saturated carbocycles. The number of nitrogens with one attached hydrogen (secondary N) is 1. The number of carbonyl (C=O) groups excluding carboxylic acids is 1. The van der Waals surface area contributed by atoms with Gasteiger partial charge in [-0.3, -0.25) is 4.79 Å². The van der Waals surface area contributed by atoms with Crippen LogP contribution < -0.4 is 10.2 Å². The smallest absolute Gasteiger partial charge is 0.365 e. The highest BCUT2D eigenvalue weighted by Gasteiger charge is 2.42. The predicted octanol–water partition coefficient (Wildman–Crippen LogP) is 1.74. The number of ether oxygens (including phenoxy) is 2. The molecular weight excluding hydrogens is 339 g/mol. The Kier molecular flexibility index (Phi) is 3.66. The second-order valence-electron chi connectivity index (χ2n) is 6.06. The van der Waals surface area contributed by atoms with E-state index in [0.29, 0.717) is 24.6 Å². The van der Waals surface area contributed by atoms with E-state index in [1.165, 1.54) is 24.1 Å². The summed E-state index contributed by atoms with van der Waals surface area (Å²) in [6, 6.07) is 3.79. The SMILES string of the molecule is CN1CC2=C(C3OCCO3)NCN2c2cccc(C(F)(F)F)c2C1=O.